The van der Waals surface area contributed by atoms with Crippen molar-refractivity contribution in [3.8, 4) is 28.0 Å². The Hall–Kier alpha value is -3.02. The molecule has 77 heavy (non-hydrogen) atoms. The summed E-state index contributed by atoms with van der Waals surface area (Å²) in [5, 5.41) is 1.87. The monoisotopic (exact) mass is 1210 g/mol. The zero-order valence-corrected chi connectivity index (χ0v) is 48.3. The van der Waals surface area contributed by atoms with Crippen molar-refractivity contribution in [3.63, 3.8) is 0 Å². The number of alkyl halides is 6. The summed E-state index contributed by atoms with van der Waals surface area (Å²) in [6.07, 6.45) is 13.1. The van der Waals surface area contributed by atoms with E-state index in [1.54, 1.807) is 0 Å². The molecule has 8 bridgehead atoms. The minimum absolute atomic E-state index is 0. The minimum atomic E-state index is -6.09. The van der Waals surface area contributed by atoms with Gasteiger partial charge in [-0.1, -0.05) is 86.6 Å². The van der Waals surface area contributed by atoms with Crippen molar-refractivity contribution in [2.45, 2.75) is 185 Å². The Labute approximate surface area is 463 Å². The van der Waals surface area contributed by atoms with E-state index in [0.29, 0.717) is 18.4 Å². The maximum Gasteiger partial charge on any atom is 2.00 e. The van der Waals surface area contributed by atoms with Crippen molar-refractivity contribution in [1.29, 1.82) is 0 Å². The summed E-state index contributed by atoms with van der Waals surface area (Å²) < 4.78 is 167. The van der Waals surface area contributed by atoms with Crippen LogP contribution in [0.3, 0.4) is 0 Å². The molecule has 0 aromatic heterocycles. The molecule has 8 aliphatic rings. The molecule has 0 unspecified atom stereocenters. The molecule has 12 rings (SSSR count). The molecule has 0 saturated heterocycles. The van der Waals surface area contributed by atoms with Crippen molar-refractivity contribution >= 4 is 23.3 Å². The summed E-state index contributed by atoms with van der Waals surface area (Å²) in [4.78, 5) is 0. The van der Waals surface area contributed by atoms with Gasteiger partial charge in [0.05, 0.1) is 12.7 Å². The van der Waals surface area contributed by atoms with E-state index in [1.807, 2.05) is 27.9 Å². The Bertz CT molecular complexity index is 2720. The number of hydrogen-bond acceptors (Lipinski definition) is 4. The van der Waals surface area contributed by atoms with E-state index in [2.05, 4.69) is 58.0 Å². The molecular weight excluding hydrogens is 1140 g/mol. The van der Waals surface area contributed by atoms with Gasteiger partial charge in [-0.05, 0) is 193 Å². The Morgan fingerprint density at radius 1 is 0.662 bits per heavy atom. The second-order valence-electron chi connectivity index (χ2n) is 24.1. The zero-order chi connectivity index (χ0) is 55.6. The largest absolute Gasteiger partial charge is 2.00 e. The first-order chi connectivity index (χ1) is 35.5. The molecule has 0 radical (unpaired) electrons. The fourth-order valence-electron chi connectivity index (χ4n) is 15.6. The Morgan fingerprint density at radius 2 is 1.08 bits per heavy atom. The molecular formula is C60H71F10O4PPdS. The third kappa shape index (κ3) is 12.1. The first kappa shape index (κ1) is 61.6. The van der Waals surface area contributed by atoms with Gasteiger partial charge in [0.15, 0.2) is 33.4 Å². The van der Waals surface area contributed by atoms with E-state index in [0.717, 1.165) is 81.2 Å². The van der Waals surface area contributed by atoms with Crippen molar-refractivity contribution in [1.82, 2.24) is 0 Å². The smallest absolute Gasteiger partial charge is 0.741 e. The third-order valence-corrected chi connectivity index (χ3v) is 22.1. The number of ether oxygens (including phenoxy) is 1. The van der Waals surface area contributed by atoms with Crippen LogP contribution < -0.4 is 10.0 Å². The van der Waals surface area contributed by atoms with E-state index in [9.17, 15) is 26.3 Å². The van der Waals surface area contributed by atoms with Crippen molar-refractivity contribution in [2.24, 2.45) is 35.5 Å². The van der Waals surface area contributed by atoms with E-state index >= 15 is 17.6 Å². The molecule has 8 saturated carbocycles. The van der Waals surface area contributed by atoms with Crippen LogP contribution in [0.1, 0.15) is 184 Å². The molecule has 4 aromatic carbocycles. The van der Waals surface area contributed by atoms with Gasteiger partial charge in [-0.25, -0.2) is 26.0 Å². The zero-order valence-electron chi connectivity index (χ0n) is 45.0. The number of hydrogen-bond donors (Lipinski definition) is 0. The van der Waals surface area contributed by atoms with Gasteiger partial charge in [0, 0.05) is 10.9 Å². The van der Waals surface area contributed by atoms with Gasteiger partial charge >= 0.3 is 32.1 Å². The van der Waals surface area contributed by atoms with Crippen LogP contribution in [0, 0.1) is 64.8 Å². The third-order valence-electron chi connectivity index (χ3n) is 17.6. The molecule has 0 heterocycles. The number of halogens is 10. The van der Waals surface area contributed by atoms with Crippen molar-refractivity contribution in [3.05, 3.63) is 106 Å². The number of benzene rings is 4. The maximum atomic E-state index is 16.9. The minimum Gasteiger partial charge on any atom is -0.741 e. The fourth-order valence-corrected chi connectivity index (χ4v) is 21.0. The first-order valence-corrected chi connectivity index (χ1v) is 29.9. The van der Waals surface area contributed by atoms with Gasteiger partial charge in [0.1, 0.15) is 5.75 Å². The van der Waals surface area contributed by atoms with Gasteiger partial charge in [-0.3, -0.25) is 0 Å². The quantitative estimate of drug-likeness (QED) is 0.0270. The number of rotatable bonds is 12. The molecule has 426 valence electrons. The van der Waals surface area contributed by atoms with Crippen molar-refractivity contribution in [2.75, 3.05) is 7.11 Å². The molecule has 0 N–H and O–H groups in total. The molecule has 8 fully saturated rings. The van der Waals surface area contributed by atoms with Gasteiger partial charge < -0.3 is 9.29 Å². The first-order valence-electron chi connectivity index (χ1n) is 27.1. The van der Waals surface area contributed by atoms with E-state index < -0.39 is 69.7 Å². The second-order valence-corrected chi connectivity index (χ2v) is 28.4. The van der Waals surface area contributed by atoms with Gasteiger partial charge in [-0.2, -0.15) is 56.7 Å². The number of methoxy groups -OCH3 is 1. The van der Waals surface area contributed by atoms with Crippen LogP contribution in [0.2, 0.25) is 0 Å². The molecule has 4 aromatic rings. The van der Waals surface area contributed by atoms with Crippen LogP contribution in [0.15, 0.2) is 48.5 Å². The summed E-state index contributed by atoms with van der Waals surface area (Å²) in [5.74, 6) is 0.449. The Morgan fingerprint density at radius 3 is 1.42 bits per heavy atom. The normalized spacial score (nSPS) is 26.6. The standard InChI is InChI=1S/C52H67F4OP.C7H4F3.CHF3O3S.Pd/c1-9-10-12-38-46(53)48(55)45(49(56)47(38)54)44-40(29(4)5)21-39(28(2)3)43(42(44)30(6)7)37-13-11-14-41(57-8)50(37)58(51-22-31-15-32(23-51)17-33(16-31)24-51)52-25-34-18-35(26-52)20-36(19-34)27-52;8-7(9,10)6-4-2-1-3-5-6;2-1(3,4)8(5,6)7;/h11,13-14,21,28-36H,9-10,12,15-20,22-27H2,1-8H3;2-5H;(H,5,6,7);/q;-1;;+2/p-1. The van der Waals surface area contributed by atoms with Gasteiger partial charge in [0.2, 0.25) is 0 Å². The average molecular weight is 1220 g/mol. The van der Waals surface area contributed by atoms with E-state index in [1.165, 1.54) is 94.5 Å². The van der Waals surface area contributed by atoms with Crippen LogP contribution >= 0.6 is 7.92 Å². The van der Waals surface area contributed by atoms with Gasteiger partial charge in [-0.15, -0.1) is 0 Å². The Kier molecular flexibility index (Phi) is 18.8. The topological polar surface area (TPSA) is 66.4 Å². The summed E-state index contributed by atoms with van der Waals surface area (Å²) in [6, 6.07) is 15.7. The molecule has 4 nitrogen and oxygen atoms in total. The van der Waals surface area contributed by atoms with Crippen molar-refractivity contribution < 1.29 is 82.0 Å². The van der Waals surface area contributed by atoms with Crippen LogP contribution in [0.5, 0.6) is 5.75 Å². The van der Waals surface area contributed by atoms with E-state index in [-0.39, 0.29) is 54.9 Å². The summed E-state index contributed by atoms with van der Waals surface area (Å²) in [7, 11) is -5.00. The van der Waals surface area contributed by atoms with Crippen LogP contribution in [-0.2, 0) is 43.1 Å². The molecule has 0 aliphatic heterocycles. The molecule has 0 atom stereocenters. The number of unbranched alkanes of at least 4 members (excludes halogenated alkanes) is 1. The van der Waals surface area contributed by atoms with Crippen LogP contribution in [0.25, 0.3) is 22.3 Å². The van der Waals surface area contributed by atoms with Crippen LogP contribution in [0.4, 0.5) is 43.9 Å². The SMILES string of the molecule is CCCCc1c(F)c(F)c(-c2c(C(C)C)cc(C(C)C)c(-c3cccc(OC)c3P(C34CC5CC(CC(C5)C3)C4)C34CC5CC(CC(C5)C3)C4)c2C(C)C)c(F)c1F.FC(F)(F)c1cc[c-]cc1.O=S(=O)([O-])C(F)(F)F.[Pd+2]. The second kappa shape index (κ2) is 23.5. The van der Waals surface area contributed by atoms with E-state index in [4.69, 9.17) is 17.7 Å². The average Bonchev–Trinajstić information content (AvgIpc) is 3.53. The van der Waals surface area contributed by atoms with Gasteiger partial charge in [0.25, 0.3) is 0 Å². The molecule has 0 spiro atoms. The predicted molar refractivity (Wildman–Crippen MR) is 279 cm³/mol. The molecule has 17 heteroatoms. The Balaban J connectivity index is 0.000000386. The summed E-state index contributed by atoms with van der Waals surface area (Å²) in [6.45, 7) is 14.6. The molecule has 0 amide bonds. The summed E-state index contributed by atoms with van der Waals surface area (Å²) in [5.41, 5.74) is -2.15. The maximum absolute atomic E-state index is 16.9. The summed E-state index contributed by atoms with van der Waals surface area (Å²) >= 11 is 0. The fraction of sp³-hybridized carbons (Fsp3) is 0.600. The van der Waals surface area contributed by atoms with Crippen LogP contribution in [-0.4, -0.2) is 35.9 Å². The predicted octanol–water partition coefficient (Wildman–Crippen LogP) is 17.9. The molecule has 8 aliphatic carbocycles.